The molecule has 43 heavy (non-hydrogen) atoms. The van der Waals surface area contributed by atoms with E-state index in [4.69, 9.17) is 21.1 Å². The van der Waals surface area contributed by atoms with Crippen molar-refractivity contribution in [2.24, 2.45) is 0 Å². The normalized spacial score (nSPS) is 11.9. The van der Waals surface area contributed by atoms with Gasteiger partial charge in [0.1, 0.15) is 24.1 Å². The molecule has 0 aliphatic rings. The Kier molecular flexibility index (Phi) is 12.3. The summed E-state index contributed by atoms with van der Waals surface area (Å²) in [7, 11) is -1.32. The van der Waals surface area contributed by atoms with Crippen molar-refractivity contribution in [3.8, 4) is 11.5 Å². The molecule has 0 aromatic heterocycles. The van der Waals surface area contributed by atoms with Crippen LogP contribution in [0.5, 0.6) is 11.5 Å². The number of hydrogen-bond donors (Lipinski definition) is 1. The first-order valence-electron chi connectivity index (χ1n) is 14.2. The molecule has 1 N–H and O–H groups in total. The molecule has 3 aromatic rings. The number of anilines is 1. The van der Waals surface area contributed by atoms with Crippen LogP contribution in [0.4, 0.5) is 5.69 Å². The summed E-state index contributed by atoms with van der Waals surface area (Å²) >= 11 is 6.31. The van der Waals surface area contributed by atoms with Gasteiger partial charge in [-0.3, -0.25) is 13.9 Å². The second-order valence-electron chi connectivity index (χ2n) is 10.1. The molecule has 1 atom stereocenters. The van der Waals surface area contributed by atoms with Crippen LogP contribution < -0.4 is 19.1 Å². The van der Waals surface area contributed by atoms with Crippen LogP contribution in [0.2, 0.25) is 5.02 Å². The van der Waals surface area contributed by atoms with Crippen LogP contribution in [-0.4, -0.2) is 58.5 Å². The number of methoxy groups -OCH3 is 2. The van der Waals surface area contributed by atoms with Crippen LogP contribution in [0.15, 0.2) is 71.6 Å². The van der Waals surface area contributed by atoms with Gasteiger partial charge in [-0.15, -0.1) is 0 Å². The maximum absolute atomic E-state index is 14.3. The first-order chi connectivity index (χ1) is 20.5. The average Bonchev–Trinajstić information content (AvgIpc) is 3.00. The fourth-order valence-electron chi connectivity index (χ4n) is 4.60. The number of hydrogen-bond acceptors (Lipinski definition) is 6. The lowest BCUT2D eigenvalue weighted by molar-refractivity contribution is -0.140. The van der Waals surface area contributed by atoms with Gasteiger partial charge in [-0.05, 0) is 67.8 Å². The number of carbonyl (C=O) groups excluding carboxylic acids is 2. The highest BCUT2D eigenvalue weighted by Gasteiger charge is 2.35. The monoisotopic (exact) mass is 629 g/mol. The van der Waals surface area contributed by atoms with Crippen LogP contribution >= 0.6 is 11.6 Å². The Labute approximate surface area is 259 Å². The average molecular weight is 630 g/mol. The maximum Gasteiger partial charge on any atom is 0.264 e. The Hall–Kier alpha value is -3.76. The van der Waals surface area contributed by atoms with E-state index in [-0.39, 0.29) is 33.8 Å². The summed E-state index contributed by atoms with van der Waals surface area (Å²) in [5.41, 5.74) is 1.71. The largest absolute Gasteiger partial charge is 0.497 e. The van der Waals surface area contributed by atoms with Gasteiger partial charge in [-0.2, -0.15) is 0 Å². The van der Waals surface area contributed by atoms with E-state index in [2.05, 4.69) is 5.32 Å². The van der Waals surface area contributed by atoms with E-state index in [0.717, 1.165) is 28.3 Å². The summed E-state index contributed by atoms with van der Waals surface area (Å²) in [5.74, 6) is -0.0623. The third kappa shape index (κ3) is 8.64. The van der Waals surface area contributed by atoms with Crippen molar-refractivity contribution in [1.29, 1.82) is 0 Å². The summed E-state index contributed by atoms with van der Waals surface area (Å²) < 4.78 is 40.1. The fourth-order valence-corrected chi connectivity index (χ4v) is 6.18. The Bertz CT molecular complexity index is 1500. The van der Waals surface area contributed by atoms with E-state index in [1.165, 1.54) is 30.2 Å². The zero-order valence-corrected chi connectivity index (χ0v) is 26.9. The first-order valence-corrected chi connectivity index (χ1v) is 16.0. The molecule has 3 rings (SSSR count). The van der Waals surface area contributed by atoms with Gasteiger partial charge >= 0.3 is 0 Å². The Morgan fingerprint density at radius 1 is 0.977 bits per heavy atom. The summed E-state index contributed by atoms with van der Waals surface area (Å²) in [4.78, 5) is 29.1. The van der Waals surface area contributed by atoms with Crippen molar-refractivity contribution in [1.82, 2.24) is 10.2 Å². The Balaban J connectivity index is 2.11. The van der Waals surface area contributed by atoms with Gasteiger partial charge in [0.2, 0.25) is 11.8 Å². The van der Waals surface area contributed by atoms with Gasteiger partial charge in [0.25, 0.3) is 10.0 Å². The van der Waals surface area contributed by atoms with Crippen LogP contribution in [0, 0.1) is 6.92 Å². The molecule has 0 aliphatic heterocycles. The van der Waals surface area contributed by atoms with Crippen LogP contribution in [0.25, 0.3) is 0 Å². The van der Waals surface area contributed by atoms with E-state index in [1.54, 1.807) is 49.6 Å². The molecule has 0 radical (unpaired) electrons. The minimum atomic E-state index is -4.28. The molecule has 0 aliphatic carbocycles. The Morgan fingerprint density at radius 2 is 1.70 bits per heavy atom. The molecule has 0 unspecified atom stereocenters. The number of benzene rings is 3. The van der Waals surface area contributed by atoms with E-state index in [0.29, 0.717) is 18.7 Å². The lowest BCUT2D eigenvalue weighted by Gasteiger charge is -2.33. The molecule has 232 valence electrons. The van der Waals surface area contributed by atoms with Crippen molar-refractivity contribution in [3.63, 3.8) is 0 Å². The number of halogens is 1. The molecule has 11 heteroatoms. The molecule has 9 nitrogen and oxygen atoms in total. The lowest BCUT2D eigenvalue weighted by Crippen LogP contribution is -2.52. The molecule has 3 aromatic carbocycles. The highest BCUT2D eigenvalue weighted by atomic mass is 35.5. The molecular weight excluding hydrogens is 590 g/mol. The van der Waals surface area contributed by atoms with E-state index in [9.17, 15) is 18.0 Å². The third-order valence-electron chi connectivity index (χ3n) is 7.00. The smallest absolute Gasteiger partial charge is 0.264 e. The van der Waals surface area contributed by atoms with Gasteiger partial charge < -0.3 is 19.7 Å². The van der Waals surface area contributed by atoms with Gasteiger partial charge in [0.05, 0.1) is 24.8 Å². The summed E-state index contributed by atoms with van der Waals surface area (Å²) in [5, 5.41) is 3.19. The zero-order valence-electron chi connectivity index (χ0n) is 25.3. The maximum atomic E-state index is 14.3. The summed E-state index contributed by atoms with van der Waals surface area (Å²) in [6.07, 6.45) is 2.01. The number of amides is 2. The second-order valence-corrected chi connectivity index (χ2v) is 12.4. The highest BCUT2D eigenvalue weighted by Crippen LogP contribution is 2.35. The first kappa shape index (κ1) is 33.7. The highest BCUT2D eigenvalue weighted by molar-refractivity contribution is 7.92. The molecule has 2 amide bonds. The summed E-state index contributed by atoms with van der Waals surface area (Å²) in [6.45, 7) is 5.62. The van der Waals surface area contributed by atoms with Gasteiger partial charge in [0.15, 0.2) is 0 Å². The second kappa shape index (κ2) is 15.6. The van der Waals surface area contributed by atoms with Gasteiger partial charge in [-0.1, -0.05) is 61.7 Å². The van der Waals surface area contributed by atoms with Crippen molar-refractivity contribution >= 4 is 39.1 Å². The molecular formula is C32H40ClN3O6S. The van der Waals surface area contributed by atoms with Crippen molar-refractivity contribution < 1.29 is 27.5 Å². The molecule has 0 heterocycles. The van der Waals surface area contributed by atoms with Gasteiger partial charge in [0, 0.05) is 18.1 Å². The number of sulfonamides is 1. The van der Waals surface area contributed by atoms with Crippen LogP contribution in [0.3, 0.4) is 0 Å². The van der Waals surface area contributed by atoms with Crippen LogP contribution in [-0.2, 0) is 26.2 Å². The Morgan fingerprint density at radius 3 is 2.33 bits per heavy atom. The summed E-state index contributed by atoms with van der Waals surface area (Å²) in [6, 6.07) is 17.3. The fraction of sp³-hybridized carbons (Fsp3) is 0.375. The van der Waals surface area contributed by atoms with E-state index >= 15 is 0 Å². The number of nitrogens with zero attached hydrogens (tertiary/aromatic N) is 2. The van der Waals surface area contributed by atoms with Crippen molar-refractivity contribution in [3.05, 3.63) is 82.9 Å². The number of ether oxygens (including phenoxy) is 2. The molecule has 0 fully saturated rings. The number of rotatable bonds is 15. The topological polar surface area (TPSA) is 105 Å². The predicted octanol–water partition coefficient (Wildman–Crippen LogP) is 5.58. The quantitative estimate of drug-likeness (QED) is 0.220. The van der Waals surface area contributed by atoms with Crippen LogP contribution in [0.1, 0.15) is 44.2 Å². The number of nitrogens with one attached hydrogen (secondary N) is 1. The molecule has 0 saturated heterocycles. The molecule has 0 bridgehead atoms. The lowest BCUT2D eigenvalue weighted by atomic mass is 10.1. The molecule has 0 spiro atoms. The van der Waals surface area contributed by atoms with Crippen molar-refractivity contribution in [2.45, 2.75) is 57.5 Å². The third-order valence-corrected chi connectivity index (χ3v) is 9.01. The van der Waals surface area contributed by atoms with E-state index < -0.39 is 28.5 Å². The number of aryl methyl sites for hydroxylation is 1. The minimum Gasteiger partial charge on any atom is -0.497 e. The SMILES string of the molecule is CCCCNC(=O)[C@@H](CC)N(Cc1cccc(OC)c1)C(=O)CN(c1cc(Cl)ccc1OC)S(=O)(=O)c1ccc(C)cc1. The van der Waals surface area contributed by atoms with E-state index in [1.807, 2.05) is 26.8 Å². The predicted molar refractivity (Wildman–Crippen MR) is 169 cm³/mol. The molecule has 0 saturated carbocycles. The zero-order chi connectivity index (χ0) is 31.6. The number of unbranched alkanes of at least 4 members (excludes halogenated alkanes) is 1. The number of carbonyl (C=O) groups is 2. The van der Waals surface area contributed by atoms with Crippen molar-refractivity contribution in [2.75, 3.05) is 31.6 Å². The standard InChI is InChI=1S/C32H40ClN3O6S/c1-6-8-18-34-32(38)28(7-2)35(21-24-10-9-11-26(19-24)41-4)31(37)22-36(29-20-25(33)14-17-30(29)42-5)43(39,40)27-15-12-23(3)13-16-27/h9-17,19-20,28H,6-8,18,21-22H2,1-5H3,(H,34,38)/t28-/m1/s1. The van der Waals surface area contributed by atoms with Gasteiger partial charge in [-0.25, -0.2) is 8.42 Å². The minimum absolute atomic E-state index is 0.00313.